The van der Waals surface area contributed by atoms with E-state index in [9.17, 15) is 0 Å². The Hall–Kier alpha value is -1.34. The van der Waals surface area contributed by atoms with Gasteiger partial charge in [0.2, 0.25) is 0 Å². The van der Waals surface area contributed by atoms with Gasteiger partial charge in [0.05, 0.1) is 8.07 Å². The summed E-state index contributed by atoms with van der Waals surface area (Å²) < 4.78 is 0. The summed E-state index contributed by atoms with van der Waals surface area (Å²) in [6, 6.07) is 13.8. The molecule has 2 aromatic carbocycles. The van der Waals surface area contributed by atoms with Crippen molar-refractivity contribution < 1.29 is 0 Å². The van der Waals surface area contributed by atoms with E-state index in [4.69, 9.17) is 0 Å². The van der Waals surface area contributed by atoms with Gasteiger partial charge in [0.25, 0.3) is 0 Å². The molecular weight excluding hydrogens is 244 g/mol. The van der Waals surface area contributed by atoms with Crippen molar-refractivity contribution in [3.63, 3.8) is 0 Å². The first-order chi connectivity index (χ1) is 8.79. The van der Waals surface area contributed by atoms with Crippen LogP contribution >= 0.6 is 0 Å². The molecule has 0 amide bonds. The van der Waals surface area contributed by atoms with Crippen LogP contribution in [0.5, 0.6) is 0 Å². The predicted octanol–water partition coefficient (Wildman–Crippen LogP) is 4.82. The van der Waals surface area contributed by atoms with E-state index >= 15 is 0 Å². The highest BCUT2D eigenvalue weighted by atomic mass is 28.3. The second kappa shape index (κ2) is 4.97. The van der Waals surface area contributed by atoms with E-state index in [1.807, 2.05) is 0 Å². The molecule has 1 heteroatoms. The Kier molecular flexibility index (Phi) is 3.68. The van der Waals surface area contributed by atoms with Crippen LogP contribution in [0.3, 0.4) is 0 Å². The van der Waals surface area contributed by atoms with Crippen LogP contribution in [-0.2, 0) is 0 Å². The highest BCUT2D eigenvalue weighted by Gasteiger charge is 2.17. The van der Waals surface area contributed by atoms with Crippen molar-refractivity contribution >= 4 is 13.3 Å². The van der Waals surface area contributed by atoms with Crippen LogP contribution in [-0.4, -0.2) is 8.07 Å². The molecule has 0 fully saturated rings. The maximum absolute atomic E-state index is 2.40. The Morgan fingerprint density at radius 1 is 0.684 bits per heavy atom. The average Bonchev–Trinajstić information content (AvgIpc) is 2.31. The van der Waals surface area contributed by atoms with E-state index in [1.165, 1.54) is 33.0 Å². The molecule has 0 nitrogen and oxygen atoms in total. The molecule has 19 heavy (non-hydrogen) atoms. The van der Waals surface area contributed by atoms with Gasteiger partial charge in [0.15, 0.2) is 0 Å². The number of aryl methyl sites for hydroxylation is 3. The van der Waals surface area contributed by atoms with Gasteiger partial charge in [-0.1, -0.05) is 61.2 Å². The standard InChI is InChI=1S/C18H24Si/c1-13-7-8-16(11-14(13)2)18-10-9-17(12-15(18)3)19(4,5)6/h7-12H,1-6H3. The maximum atomic E-state index is 2.40. The fourth-order valence-electron chi connectivity index (χ4n) is 2.36. The van der Waals surface area contributed by atoms with Crippen molar-refractivity contribution in [1.82, 2.24) is 0 Å². The second-order valence-corrected chi connectivity index (χ2v) is 11.7. The van der Waals surface area contributed by atoms with Crippen molar-refractivity contribution in [1.29, 1.82) is 0 Å². The van der Waals surface area contributed by atoms with Gasteiger partial charge in [-0.05, 0) is 48.6 Å². The number of hydrogen-bond donors (Lipinski definition) is 0. The summed E-state index contributed by atoms with van der Waals surface area (Å²) in [5, 5.41) is 1.54. The minimum Gasteiger partial charge on any atom is -0.0656 e. The summed E-state index contributed by atoms with van der Waals surface area (Å²) in [5.41, 5.74) is 6.82. The molecule has 0 radical (unpaired) electrons. The summed E-state index contributed by atoms with van der Waals surface area (Å²) in [7, 11) is -1.21. The van der Waals surface area contributed by atoms with Gasteiger partial charge >= 0.3 is 0 Å². The monoisotopic (exact) mass is 268 g/mol. The molecule has 0 spiro atoms. The molecule has 0 N–H and O–H groups in total. The SMILES string of the molecule is Cc1ccc(-c2ccc([Si](C)(C)C)cc2C)cc1C. The van der Waals surface area contributed by atoms with Crippen molar-refractivity contribution in [3.8, 4) is 11.1 Å². The van der Waals surface area contributed by atoms with Crippen LogP contribution in [0, 0.1) is 20.8 Å². The van der Waals surface area contributed by atoms with Crippen molar-refractivity contribution in [2.24, 2.45) is 0 Å². The van der Waals surface area contributed by atoms with Gasteiger partial charge in [0, 0.05) is 0 Å². The average molecular weight is 268 g/mol. The lowest BCUT2D eigenvalue weighted by atomic mass is 9.97. The molecule has 0 aliphatic rings. The van der Waals surface area contributed by atoms with E-state index in [0.29, 0.717) is 0 Å². The van der Waals surface area contributed by atoms with Crippen molar-refractivity contribution in [2.45, 2.75) is 40.4 Å². The minimum absolute atomic E-state index is 1.21. The van der Waals surface area contributed by atoms with Gasteiger partial charge in [-0.3, -0.25) is 0 Å². The Morgan fingerprint density at radius 2 is 1.37 bits per heavy atom. The molecule has 100 valence electrons. The summed E-state index contributed by atoms with van der Waals surface area (Å²) in [5.74, 6) is 0. The first kappa shape index (κ1) is 14.1. The molecule has 0 aromatic heterocycles. The van der Waals surface area contributed by atoms with E-state index < -0.39 is 8.07 Å². The quantitative estimate of drug-likeness (QED) is 0.685. The summed E-state index contributed by atoms with van der Waals surface area (Å²) in [4.78, 5) is 0. The van der Waals surface area contributed by atoms with Crippen LogP contribution < -0.4 is 5.19 Å². The molecule has 0 saturated carbocycles. The fraction of sp³-hybridized carbons (Fsp3) is 0.333. The lowest BCUT2D eigenvalue weighted by Gasteiger charge is -2.19. The molecule has 0 atom stereocenters. The normalized spacial score (nSPS) is 11.7. The molecule has 0 aliphatic carbocycles. The van der Waals surface area contributed by atoms with E-state index in [1.54, 1.807) is 0 Å². The Morgan fingerprint density at radius 3 is 1.89 bits per heavy atom. The second-order valence-electron chi connectivity index (χ2n) is 6.58. The zero-order chi connectivity index (χ0) is 14.2. The van der Waals surface area contributed by atoms with Crippen LogP contribution in [0.1, 0.15) is 16.7 Å². The lowest BCUT2D eigenvalue weighted by Crippen LogP contribution is -2.37. The highest BCUT2D eigenvalue weighted by Crippen LogP contribution is 2.25. The molecule has 2 rings (SSSR count). The largest absolute Gasteiger partial charge is 0.0776 e. The molecule has 2 aromatic rings. The van der Waals surface area contributed by atoms with E-state index in [2.05, 4.69) is 76.8 Å². The lowest BCUT2D eigenvalue weighted by molar-refractivity contribution is 1.34. The van der Waals surface area contributed by atoms with E-state index in [-0.39, 0.29) is 0 Å². The molecule has 0 bridgehead atoms. The summed E-state index contributed by atoms with van der Waals surface area (Å²) in [6.45, 7) is 13.8. The van der Waals surface area contributed by atoms with Gasteiger partial charge in [-0.15, -0.1) is 0 Å². The van der Waals surface area contributed by atoms with Crippen LogP contribution in [0.4, 0.5) is 0 Å². The first-order valence-electron chi connectivity index (χ1n) is 6.98. The number of hydrogen-bond acceptors (Lipinski definition) is 0. The van der Waals surface area contributed by atoms with Crippen LogP contribution in [0.15, 0.2) is 36.4 Å². The minimum atomic E-state index is -1.21. The van der Waals surface area contributed by atoms with Crippen molar-refractivity contribution in [2.75, 3.05) is 0 Å². The zero-order valence-electron chi connectivity index (χ0n) is 13.0. The zero-order valence-corrected chi connectivity index (χ0v) is 14.0. The highest BCUT2D eigenvalue weighted by molar-refractivity contribution is 6.88. The fourth-order valence-corrected chi connectivity index (χ4v) is 3.60. The van der Waals surface area contributed by atoms with E-state index in [0.717, 1.165) is 0 Å². The van der Waals surface area contributed by atoms with Gasteiger partial charge in [-0.2, -0.15) is 0 Å². The van der Waals surface area contributed by atoms with Crippen LogP contribution in [0.25, 0.3) is 11.1 Å². The third-order valence-corrected chi connectivity index (χ3v) is 5.95. The van der Waals surface area contributed by atoms with Gasteiger partial charge < -0.3 is 0 Å². The number of rotatable bonds is 2. The molecular formula is C18H24Si. The van der Waals surface area contributed by atoms with Crippen molar-refractivity contribution in [3.05, 3.63) is 53.1 Å². The summed E-state index contributed by atoms with van der Waals surface area (Å²) >= 11 is 0. The first-order valence-corrected chi connectivity index (χ1v) is 10.5. The number of benzene rings is 2. The van der Waals surface area contributed by atoms with Crippen LogP contribution in [0.2, 0.25) is 19.6 Å². The molecule has 0 unspecified atom stereocenters. The third-order valence-electron chi connectivity index (χ3n) is 3.91. The Bertz CT molecular complexity index is 604. The molecule has 0 heterocycles. The smallest absolute Gasteiger partial charge is 0.0656 e. The topological polar surface area (TPSA) is 0 Å². The summed E-state index contributed by atoms with van der Waals surface area (Å²) in [6.07, 6.45) is 0. The predicted molar refractivity (Wildman–Crippen MR) is 89.1 cm³/mol. The van der Waals surface area contributed by atoms with Gasteiger partial charge in [0.1, 0.15) is 0 Å². The Balaban J connectivity index is 2.49. The molecule has 0 saturated heterocycles. The molecule has 0 aliphatic heterocycles. The third kappa shape index (κ3) is 2.98. The van der Waals surface area contributed by atoms with Gasteiger partial charge in [-0.25, -0.2) is 0 Å². The maximum Gasteiger partial charge on any atom is 0.0776 e. The Labute approximate surface area is 118 Å².